The molecule has 19 heavy (non-hydrogen) atoms. The topological polar surface area (TPSA) is 36.9 Å². The van der Waals surface area contributed by atoms with Crippen LogP contribution in [0, 0.1) is 0 Å². The Balaban J connectivity index is 1.85. The van der Waals surface area contributed by atoms with Crippen molar-refractivity contribution in [3.8, 4) is 0 Å². The lowest BCUT2D eigenvalue weighted by molar-refractivity contribution is 0.170. The first kappa shape index (κ1) is 13.6. The van der Waals surface area contributed by atoms with Gasteiger partial charge in [0.2, 0.25) is 0 Å². The Hall–Kier alpha value is -1.81. The van der Waals surface area contributed by atoms with Crippen LogP contribution in [-0.4, -0.2) is 37.7 Å². The lowest BCUT2D eigenvalue weighted by atomic mass is 10.1. The van der Waals surface area contributed by atoms with Gasteiger partial charge in [-0.25, -0.2) is 4.99 Å². The van der Waals surface area contributed by atoms with Gasteiger partial charge in [0.1, 0.15) is 12.5 Å². The molecular formula is C15H21N3O. The van der Waals surface area contributed by atoms with E-state index in [4.69, 9.17) is 4.74 Å². The number of benzene rings is 1. The molecule has 102 valence electrons. The van der Waals surface area contributed by atoms with Gasteiger partial charge < -0.3 is 15.0 Å². The van der Waals surface area contributed by atoms with Crippen molar-refractivity contribution in [2.45, 2.75) is 13.0 Å². The second-order valence-electron chi connectivity index (χ2n) is 4.58. The van der Waals surface area contributed by atoms with E-state index < -0.39 is 0 Å². The smallest absolute Gasteiger partial charge is 0.124 e. The van der Waals surface area contributed by atoms with Crippen LogP contribution in [0.2, 0.25) is 0 Å². The van der Waals surface area contributed by atoms with Gasteiger partial charge in [0.25, 0.3) is 0 Å². The molecule has 1 aliphatic rings. The van der Waals surface area contributed by atoms with Crippen molar-refractivity contribution in [3.05, 3.63) is 48.2 Å². The molecule has 1 aromatic carbocycles. The zero-order valence-electron chi connectivity index (χ0n) is 11.5. The molecule has 0 saturated heterocycles. The maximum Gasteiger partial charge on any atom is 0.124 e. The van der Waals surface area contributed by atoms with Gasteiger partial charge >= 0.3 is 0 Å². The fraction of sp³-hybridized carbons (Fsp3) is 0.400. The third-order valence-electron chi connectivity index (χ3n) is 3.11. The standard InChI is InChI=1S/C15H21N3O/c1-13(14-6-4-3-5-7-14)17-15-8-9-18(12-16-15)10-11-19-2/h3-9,13H,10-12H2,1-2H3,(H,16,17). The average molecular weight is 259 g/mol. The molecule has 4 heteroatoms. The van der Waals surface area contributed by atoms with Crippen LogP contribution in [0.4, 0.5) is 0 Å². The Morgan fingerprint density at radius 3 is 2.79 bits per heavy atom. The predicted molar refractivity (Wildman–Crippen MR) is 78.0 cm³/mol. The highest BCUT2D eigenvalue weighted by atomic mass is 16.5. The van der Waals surface area contributed by atoms with Crippen LogP contribution < -0.4 is 5.32 Å². The molecule has 1 aliphatic heterocycles. The fourth-order valence-corrected chi connectivity index (χ4v) is 1.94. The molecule has 1 atom stereocenters. The van der Waals surface area contributed by atoms with Gasteiger partial charge in [-0.1, -0.05) is 30.3 Å². The summed E-state index contributed by atoms with van der Waals surface area (Å²) in [7, 11) is 1.71. The molecule has 0 radical (unpaired) electrons. The Morgan fingerprint density at radius 2 is 2.16 bits per heavy atom. The number of amidine groups is 1. The van der Waals surface area contributed by atoms with Crippen molar-refractivity contribution in [2.75, 3.05) is 26.9 Å². The quantitative estimate of drug-likeness (QED) is 0.880. The summed E-state index contributed by atoms with van der Waals surface area (Å²) in [6.45, 7) is 4.42. The lowest BCUT2D eigenvalue weighted by Gasteiger charge is -2.23. The minimum Gasteiger partial charge on any atom is -0.383 e. The summed E-state index contributed by atoms with van der Waals surface area (Å²) in [5.41, 5.74) is 1.26. The Morgan fingerprint density at radius 1 is 1.37 bits per heavy atom. The van der Waals surface area contributed by atoms with Crippen molar-refractivity contribution >= 4 is 5.84 Å². The molecule has 1 unspecified atom stereocenters. The van der Waals surface area contributed by atoms with Gasteiger partial charge in [-0.2, -0.15) is 0 Å². The molecule has 0 saturated carbocycles. The van der Waals surface area contributed by atoms with Gasteiger partial charge in [-0.15, -0.1) is 0 Å². The number of rotatable bonds is 5. The molecule has 1 aromatic rings. The summed E-state index contributed by atoms with van der Waals surface area (Å²) in [6, 6.07) is 10.6. The monoisotopic (exact) mass is 259 g/mol. The van der Waals surface area contributed by atoms with Crippen molar-refractivity contribution in [2.24, 2.45) is 4.99 Å². The average Bonchev–Trinajstić information content (AvgIpc) is 2.47. The van der Waals surface area contributed by atoms with Crippen LogP contribution in [0.1, 0.15) is 18.5 Å². The molecule has 0 bridgehead atoms. The van der Waals surface area contributed by atoms with Crippen molar-refractivity contribution < 1.29 is 4.74 Å². The molecule has 0 aliphatic carbocycles. The number of aliphatic imine (C=N–C) groups is 1. The van der Waals surface area contributed by atoms with Gasteiger partial charge in [0.05, 0.1) is 6.61 Å². The van der Waals surface area contributed by atoms with Crippen molar-refractivity contribution in [1.29, 1.82) is 0 Å². The van der Waals surface area contributed by atoms with E-state index in [1.165, 1.54) is 5.56 Å². The summed E-state index contributed by atoms with van der Waals surface area (Å²) < 4.78 is 5.05. The molecule has 1 heterocycles. The Kier molecular flexibility index (Phi) is 4.98. The van der Waals surface area contributed by atoms with Crippen LogP contribution in [0.3, 0.4) is 0 Å². The third-order valence-corrected chi connectivity index (χ3v) is 3.11. The van der Waals surface area contributed by atoms with Crippen LogP contribution >= 0.6 is 0 Å². The SMILES string of the molecule is COCCN1C=CC(NC(C)c2ccccc2)=NC1. The summed E-state index contributed by atoms with van der Waals surface area (Å²) in [6.07, 6.45) is 4.07. The fourth-order valence-electron chi connectivity index (χ4n) is 1.94. The van der Waals surface area contributed by atoms with Crippen LogP contribution in [0.5, 0.6) is 0 Å². The number of nitrogens with one attached hydrogen (secondary N) is 1. The van der Waals surface area contributed by atoms with Crippen molar-refractivity contribution in [3.63, 3.8) is 0 Å². The summed E-state index contributed by atoms with van der Waals surface area (Å²) in [5.74, 6) is 0.935. The van der Waals surface area contributed by atoms with Gasteiger partial charge in [0.15, 0.2) is 0 Å². The highest BCUT2D eigenvalue weighted by Crippen LogP contribution is 2.11. The molecule has 2 rings (SSSR count). The lowest BCUT2D eigenvalue weighted by Crippen LogP contribution is -2.32. The first-order chi connectivity index (χ1) is 9.29. The van der Waals surface area contributed by atoms with Gasteiger partial charge in [-0.3, -0.25) is 0 Å². The normalized spacial score (nSPS) is 16.1. The number of hydrogen-bond acceptors (Lipinski definition) is 4. The minimum absolute atomic E-state index is 0.259. The second-order valence-corrected chi connectivity index (χ2v) is 4.58. The van der Waals surface area contributed by atoms with Crippen LogP contribution in [0.25, 0.3) is 0 Å². The summed E-state index contributed by atoms with van der Waals surface area (Å²) in [4.78, 5) is 6.65. The second kappa shape index (κ2) is 6.95. The van der Waals surface area contributed by atoms with Gasteiger partial charge in [0, 0.05) is 25.9 Å². The summed E-state index contributed by atoms with van der Waals surface area (Å²) in [5, 5.41) is 3.42. The van der Waals surface area contributed by atoms with E-state index in [1.807, 2.05) is 12.1 Å². The molecule has 0 amide bonds. The number of nitrogens with zero attached hydrogens (tertiary/aromatic N) is 2. The summed E-state index contributed by atoms with van der Waals surface area (Å²) >= 11 is 0. The van der Waals surface area contributed by atoms with E-state index in [0.29, 0.717) is 6.67 Å². The molecular weight excluding hydrogens is 238 g/mol. The maximum atomic E-state index is 5.05. The van der Waals surface area contributed by atoms with E-state index in [0.717, 1.165) is 19.0 Å². The highest BCUT2D eigenvalue weighted by Gasteiger charge is 2.09. The van der Waals surface area contributed by atoms with E-state index in [9.17, 15) is 0 Å². The third kappa shape index (κ3) is 4.10. The van der Waals surface area contributed by atoms with Crippen LogP contribution in [-0.2, 0) is 4.74 Å². The predicted octanol–water partition coefficient (Wildman–Crippen LogP) is 2.17. The number of methoxy groups -OCH3 is 1. The zero-order valence-corrected chi connectivity index (χ0v) is 11.5. The molecule has 0 spiro atoms. The van der Waals surface area contributed by atoms with E-state index in [2.05, 4.69) is 52.6 Å². The van der Waals surface area contributed by atoms with Crippen LogP contribution in [0.15, 0.2) is 47.6 Å². The highest BCUT2D eigenvalue weighted by molar-refractivity contribution is 5.93. The molecule has 0 aromatic heterocycles. The van der Waals surface area contributed by atoms with Gasteiger partial charge in [-0.05, 0) is 18.6 Å². The number of hydrogen-bond donors (Lipinski definition) is 1. The van der Waals surface area contributed by atoms with E-state index in [-0.39, 0.29) is 6.04 Å². The van der Waals surface area contributed by atoms with Crippen molar-refractivity contribution in [1.82, 2.24) is 10.2 Å². The first-order valence-corrected chi connectivity index (χ1v) is 6.56. The maximum absolute atomic E-state index is 5.05. The molecule has 1 N–H and O–H groups in total. The molecule has 4 nitrogen and oxygen atoms in total. The number of ether oxygens (including phenoxy) is 1. The van der Waals surface area contributed by atoms with E-state index >= 15 is 0 Å². The minimum atomic E-state index is 0.259. The largest absolute Gasteiger partial charge is 0.383 e. The Labute approximate surface area is 114 Å². The Bertz CT molecular complexity index is 442. The molecule has 0 fully saturated rings. The van der Waals surface area contributed by atoms with E-state index in [1.54, 1.807) is 7.11 Å². The first-order valence-electron chi connectivity index (χ1n) is 6.56. The zero-order chi connectivity index (χ0) is 13.5.